The first kappa shape index (κ1) is 46.0. The number of hydrogen-bond acceptors (Lipinski definition) is 12. The van der Waals surface area contributed by atoms with Crippen molar-refractivity contribution < 1.29 is 29.3 Å². The molecule has 0 bridgehead atoms. The van der Waals surface area contributed by atoms with Gasteiger partial charge in [-0.2, -0.15) is 0 Å². The van der Waals surface area contributed by atoms with Crippen LogP contribution >= 0.6 is 69.6 Å². The average Bonchev–Trinajstić information content (AvgIpc) is 3.25. The number of piperazine rings is 2. The molecule has 2 saturated heterocycles. The molecule has 20 heteroatoms. The predicted octanol–water partition coefficient (Wildman–Crippen LogP) is 8.58. The number of anilines is 4. The fourth-order valence-electron chi connectivity index (χ4n) is 7.95. The van der Waals surface area contributed by atoms with E-state index in [2.05, 4.69) is 9.97 Å². The molecular weight excluding hydrogens is 941 g/mol. The Morgan fingerprint density at radius 3 is 1.27 bits per heavy atom. The van der Waals surface area contributed by atoms with Crippen LogP contribution in [0.25, 0.3) is 0 Å². The first-order valence-corrected chi connectivity index (χ1v) is 22.1. The van der Waals surface area contributed by atoms with Crippen LogP contribution in [0.5, 0.6) is 11.5 Å². The SMILES string of the molecule is CCOC(=O)c1c(N2CCN(c3ccc(Cl)c(Cl)c3)CC2)[nH]c(=O)c(C(c2c(Cl)cccc2Cl)c2c(O)c(C(=O)OCC)c(N3CCN(c4ccc(Cl)c(Cl)c4)CC3)[nH]c2=O)c1O. The van der Waals surface area contributed by atoms with Gasteiger partial charge < -0.3 is 49.3 Å². The Balaban J connectivity index is 1.36. The second kappa shape index (κ2) is 19.4. The Labute approximate surface area is 391 Å². The Morgan fingerprint density at radius 2 is 0.921 bits per heavy atom. The van der Waals surface area contributed by atoms with Gasteiger partial charge >= 0.3 is 11.9 Å². The van der Waals surface area contributed by atoms with E-state index in [1.165, 1.54) is 18.2 Å². The van der Waals surface area contributed by atoms with E-state index in [-0.39, 0.29) is 66.6 Å². The van der Waals surface area contributed by atoms with Crippen LogP contribution in [0, 0.1) is 0 Å². The summed E-state index contributed by atoms with van der Waals surface area (Å²) in [5.41, 5.74) is -2.37. The van der Waals surface area contributed by atoms with E-state index in [1.807, 2.05) is 21.9 Å². The van der Waals surface area contributed by atoms with Crippen molar-refractivity contribution in [1.29, 1.82) is 0 Å². The van der Waals surface area contributed by atoms with Crippen molar-refractivity contribution >= 4 is 105 Å². The van der Waals surface area contributed by atoms with Gasteiger partial charge in [0.05, 0.1) is 50.3 Å². The fourth-order valence-corrected chi connectivity index (χ4v) is 9.15. The lowest BCUT2D eigenvalue weighted by molar-refractivity contribution is 0.0513. The summed E-state index contributed by atoms with van der Waals surface area (Å²) in [4.78, 5) is 70.0. The number of aromatic nitrogens is 2. The van der Waals surface area contributed by atoms with Crippen molar-refractivity contribution in [3.8, 4) is 11.5 Å². The van der Waals surface area contributed by atoms with Gasteiger partial charge in [-0.3, -0.25) is 9.59 Å². The molecule has 63 heavy (non-hydrogen) atoms. The lowest BCUT2D eigenvalue weighted by Gasteiger charge is -2.38. The molecule has 0 saturated carbocycles. The van der Waals surface area contributed by atoms with Crippen LogP contribution in [0.3, 0.4) is 0 Å². The van der Waals surface area contributed by atoms with Gasteiger partial charge in [0.15, 0.2) is 0 Å². The van der Waals surface area contributed by atoms with E-state index < -0.39 is 62.7 Å². The zero-order valence-electron chi connectivity index (χ0n) is 33.7. The minimum atomic E-state index is -1.78. The van der Waals surface area contributed by atoms with E-state index in [9.17, 15) is 29.4 Å². The normalized spacial score (nSPS) is 14.4. The Bertz CT molecular complexity index is 2520. The standard InChI is InChI=1S/C43H40Cl6N6O8/c1-3-62-42(60)34-36(56)32(40(58)50-38(34)54-16-12-52(13-17-54)22-8-10-24(44)28(48)20-22)31(30-26(46)6-5-7-27(30)47)33-37(57)35(43(61)63-4-2)39(51-41(33)59)55-18-14-53(15-19-55)23-9-11-25(45)29(49)21-23/h5-11,20-21,31H,3-4,12-19H2,1-2H3,(H2,50,56,58)(H2,51,57,59). The number of rotatable bonds is 11. The lowest BCUT2D eigenvalue weighted by Crippen LogP contribution is -2.48. The zero-order valence-corrected chi connectivity index (χ0v) is 38.3. The zero-order chi connectivity index (χ0) is 45.3. The van der Waals surface area contributed by atoms with Crippen LogP contribution < -0.4 is 30.7 Å². The summed E-state index contributed by atoms with van der Waals surface area (Å²) in [6.07, 6.45) is 0. The smallest absolute Gasteiger partial charge is 0.345 e. The molecule has 5 aromatic rings. The van der Waals surface area contributed by atoms with Crippen LogP contribution in [-0.2, 0) is 9.47 Å². The maximum absolute atomic E-state index is 14.6. The van der Waals surface area contributed by atoms with Crippen LogP contribution in [0.2, 0.25) is 30.1 Å². The van der Waals surface area contributed by atoms with Gasteiger partial charge in [-0.25, -0.2) is 9.59 Å². The molecule has 2 fully saturated rings. The van der Waals surface area contributed by atoms with Gasteiger partial charge in [0, 0.05) is 79.3 Å². The highest BCUT2D eigenvalue weighted by Gasteiger charge is 2.39. The number of carbonyl (C=O) groups excluding carboxylic acids is 2. The third-order valence-corrected chi connectivity index (χ3v) is 13.1. The Kier molecular flexibility index (Phi) is 14.2. The minimum Gasteiger partial charge on any atom is -0.506 e. The second-order valence-corrected chi connectivity index (χ2v) is 17.0. The van der Waals surface area contributed by atoms with E-state index in [0.29, 0.717) is 46.3 Å². The molecule has 0 spiro atoms. The number of aromatic amines is 2. The largest absolute Gasteiger partial charge is 0.506 e. The maximum atomic E-state index is 14.6. The molecule has 3 aromatic carbocycles. The molecule has 7 rings (SSSR count). The highest BCUT2D eigenvalue weighted by Crippen LogP contribution is 2.47. The van der Waals surface area contributed by atoms with E-state index in [1.54, 1.807) is 47.9 Å². The molecule has 2 aromatic heterocycles. The summed E-state index contributed by atoms with van der Waals surface area (Å²) < 4.78 is 10.8. The van der Waals surface area contributed by atoms with Crippen LogP contribution in [-0.4, -0.2) is 97.7 Å². The summed E-state index contributed by atoms with van der Waals surface area (Å²) >= 11 is 38.4. The van der Waals surface area contributed by atoms with Gasteiger partial charge in [0.1, 0.15) is 34.3 Å². The second-order valence-electron chi connectivity index (χ2n) is 14.5. The maximum Gasteiger partial charge on any atom is 0.345 e. The van der Waals surface area contributed by atoms with Crippen molar-refractivity contribution in [3.63, 3.8) is 0 Å². The van der Waals surface area contributed by atoms with E-state index >= 15 is 0 Å². The molecule has 2 aliphatic heterocycles. The van der Waals surface area contributed by atoms with E-state index in [0.717, 1.165) is 11.4 Å². The predicted molar refractivity (Wildman–Crippen MR) is 249 cm³/mol. The van der Waals surface area contributed by atoms with Crippen LogP contribution in [0.1, 0.15) is 57.2 Å². The molecule has 14 nitrogen and oxygen atoms in total. The number of esters is 2. The number of aromatic hydroxyl groups is 2. The Hall–Kier alpha value is -4.96. The number of hydrogen-bond donors (Lipinski definition) is 4. The number of H-pyrrole nitrogens is 2. The van der Waals surface area contributed by atoms with Gasteiger partial charge in [-0.15, -0.1) is 0 Å². The molecule has 0 aliphatic carbocycles. The molecule has 4 heterocycles. The lowest BCUT2D eigenvalue weighted by atomic mass is 9.83. The number of ether oxygens (including phenoxy) is 2. The molecule has 4 N–H and O–H groups in total. The quantitative estimate of drug-likeness (QED) is 0.0931. The van der Waals surface area contributed by atoms with Crippen LogP contribution in [0.4, 0.5) is 23.0 Å². The summed E-state index contributed by atoms with van der Waals surface area (Å²) in [7, 11) is 0. The molecule has 2 aliphatic rings. The van der Waals surface area contributed by atoms with Crippen molar-refractivity contribution in [2.75, 3.05) is 85.2 Å². The van der Waals surface area contributed by atoms with E-state index in [4.69, 9.17) is 79.1 Å². The molecular formula is C43H40Cl6N6O8. The number of halogens is 6. The van der Waals surface area contributed by atoms with Crippen molar-refractivity contribution in [1.82, 2.24) is 9.97 Å². The third kappa shape index (κ3) is 9.20. The van der Waals surface area contributed by atoms with Crippen molar-refractivity contribution in [3.05, 3.63) is 133 Å². The van der Waals surface area contributed by atoms with Crippen LogP contribution in [0.15, 0.2) is 64.2 Å². The topological polar surface area (TPSA) is 172 Å². The fraction of sp³-hybridized carbons (Fsp3) is 0.302. The summed E-state index contributed by atoms with van der Waals surface area (Å²) in [6, 6.07) is 14.9. The van der Waals surface area contributed by atoms with Crippen molar-refractivity contribution in [2.24, 2.45) is 0 Å². The molecule has 0 amide bonds. The number of nitrogens with one attached hydrogen (secondary N) is 2. The first-order chi connectivity index (χ1) is 30.1. The van der Waals surface area contributed by atoms with Crippen molar-refractivity contribution in [2.45, 2.75) is 19.8 Å². The summed E-state index contributed by atoms with van der Waals surface area (Å²) in [6.45, 7) is 5.72. The summed E-state index contributed by atoms with van der Waals surface area (Å²) in [5.74, 6) is -5.56. The summed E-state index contributed by atoms with van der Waals surface area (Å²) in [5, 5.41) is 26.1. The average molecular weight is 982 g/mol. The number of nitrogens with zero attached hydrogens (tertiary/aromatic N) is 4. The molecule has 0 unspecified atom stereocenters. The Morgan fingerprint density at radius 1 is 0.556 bits per heavy atom. The third-order valence-electron chi connectivity index (χ3n) is 11.0. The molecule has 332 valence electrons. The highest BCUT2D eigenvalue weighted by atomic mass is 35.5. The van der Waals surface area contributed by atoms with Gasteiger partial charge in [0.25, 0.3) is 11.1 Å². The van der Waals surface area contributed by atoms with Gasteiger partial charge in [-0.1, -0.05) is 75.7 Å². The monoisotopic (exact) mass is 978 g/mol. The minimum absolute atomic E-state index is 0.0433. The van der Waals surface area contributed by atoms with Gasteiger partial charge in [0.2, 0.25) is 0 Å². The molecule has 0 atom stereocenters. The van der Waals surface area contributed by atoms with Gasteiger partial charge in [-0.05, 0) is 62.4 Å². The number of benzene rings is 3. The number of carbonyl (C=O) groups is 2. The molecule has 0 radical (unpaired) electrons. The first-order valence-electron chi connectivity index (χ1n) is 19.8. The highest BCUT2D eigenvalue weighted by molar-refractivity contribution is 6.42. The number of pyridine rings is 2.